The van der Waals surface area contributed by atoms with Crippen LogP contribution in [0.15, 0.2) is 48.5 Å². The van der Waals surface area contributed by atoms with Crippen molar-refractivity contribution >= 4 is 0 Å². The molecule has 0 aliphatic rings. The van der Waals surface area contributed by atoms with Gasteiger partial charge in [-0.3, -0.25) is 0 Å². The molecule has 0 radical (unpaired) electrons. The molecule has 2 unspecified atom stereocenters. The minimum atomic E-state index is -0.424. The maximum absolute atomic E-state index is 9.64. The van der Waals surface area contributed by atoms with E-state index in [1.54, 1.807) is 0 Å². The fourth-order valence-electron chi connectivity index (χ4n) is 3.13. The van der Waals surface area contributed by atoms with Gasteiger partial charge in [0, 0.05) is 5.41 Å². The van der Waals surface area contributed by atoms with Gasteiger partial charge in [-0.2, -0.15) is 0 Å². The first-order valence-corrected chi connectivity index (χ1v) is 10.5. The molecule has 0 aliphatic heterocycles. The van der Waals surface area contributed by atoms with Gasteiger partial charge in [0.1, 0.15) is 24.7 Å². The topological polar surface area (TPSA) is 47.9 Å². The van der Waals surface area contributed by atoms with Crippen LogP contribution in [0.25, 0.3) is 0 Å². The molecule has 4 heteroatoms. The zero-order valence-electron chi connectivity index (χ0n) is 18.6. The molecule has 0 heterocycles. The lowest BCUT2D eigenvalue weighted by Gasteiger charge is -2.26. The summed E-state index contributed by atoms with van der Waals surface area (Å²) in [5.41, 5.74) is 2.27. The van der Waals surface area contributed by atoms with Crippen molar-refractivity contribution in [3.63, 3.8) is 0 Å². The van der Waals surface area contributed by atoms with Crippen LogP contribution in [0, 0.1) is 0 Å². The van der Waals surface area contributed by atoms with Gasteiger partial charge in [-0.15, -0.1) is 0 Å². The predicted octanol–water partition coefficient (Wildman–Crippen LogP) is 5.35. The number of aliphatic hydroxyl groups excluding tert-OH is 1. The van der Waals surface area contributed by atoms with Crippen molar-refractivity contribution in [2.24, 2.45) is 0 Å². The minimum absolute atomic E-state index is 0.0605. The molecule has 0 spiro atoms. The molecule has 0 bridgehead atoms. The summed E-state index contributed by atoms with van der Waals surface area (Å²) in [6.07, 6.45) is 0.524. The van der Waals surface area contributed by atoms with Gasteiger partial charge < -0.3 is 19.3 Å². The SMILES string of the molecule is CCC(O)COc1ccc(C(C)(C)c2ccc(OCC(C)OC(C)C)cc2)cc1. The number of hydrogen-bond donors (Lipinski definition) is 1. The van der Waals surface area contributed by atoms with Crippen LogP contribution in [0.4, 0.5) is 0 Å². The summed E-state index contributed by atoms with van der Waals surface area (Å²) in [7, 11) is 0. The summed E-state index contributed by atoms with van der Waals surface area (Å²) in [4.78, 5) is 0. The summed E-state index contributed by atoms with van der Waals surface area (Å²) in [6, 6.07) is 16.4. The number of rotatable bonds is 11. The molecule has 1 N–H and O–H groups in total. The van der Waals surface area contributed by atoms with Gasteiger partial charge in [0.15, 0.2) is 0 Å². The van der Waals surface area contributed by atoms with E-state index in [-0.39, 0.29) is 17.6 Å². The highest BCUT2D eigenvalue weighted by Gasteiger charge is 2.23. The fraction of sp³-hybridized carbons (Fsp3) is 0.520. The average molecular weight is 401 g/mol. The largest absolute Gasteiger partial charge is 0.491 e. The second kappa shape index (κ2) is 10.7. The van der Waals surface area contributed by atoms with Crippen molar-refractivity contribution < 1.29 is 19.3 Å². The van der Waals surface area contributed by atoms with Crippen LogP contribution >= 0.6 is 0 Å². The Bertz CT molecular complexity index is 719. The van der Waals surface area contributed by atoms with Gasteiger partial charge in [0.2, 0.25) is 0 Å². The van der Waals surface area contributed by atoms with Crippen LogP contribution in [0.1, 0.15) is 59.1 Å². The van der Waals surface area contributed by atoms with E-state index in [2.05, 4.69) is 38.1 Å². The van der Waals surface area contributed by atoms with E-state index in [1.165, 1.54) is 11.1 Å². The van der Waals surface area contributed by atoms with Crippen LogP contribution in [0.2, 0.25) is 0 Å². The molecule has 4 nitrogen and oxygen atoms in total. The zero-order chi connectivity index (χ0) is 21.4. The van der Waals surface area contributed by atoms with Crippen LogP contribution in [0.3, 0.4) is 0 Å². The molecule has 0 amide bonds. The fourth-order valence-corrected chi connectivity index (χ4v) is 3.13. The molecule has 0 aromatic heterocycles. The third-order valence-electron chi connectivity index (χ3n) is 5.05. The molecule has 0 saturated heterocycles. The third kappa shape index (κ3) is 7.06. The number of benzene rings is 2. The standard InChI is InChI=1S/C25H36O4/c1-7-22(26)17-28-24-14-10-21(11-15-24)25(5,6)20-8-12-23(13-9-20)27-16-19(4)29-18(2)3/h8-15,18-19,22,26H,7,16-17H2,1-6H3. The Hall–Kier alpha value is -2.04. The molecule has 2 aromatic rings. The van der Waals surface area contributed by atoms with Gasteiger partial charge in [-0.1, -0.05) is 45.0 Å². The predicted molar refractivity (Wildman–Crippen MR) is 118 cm³/mol. The van der Waals surface area contributed by atoms with E-state index in [4.69, 9.17) is 14.2 Å². The molecule has 0 aliphatic carbocycles. The lowest BCUT2D eigenvalue weighted by Crippen LogP contribution is -2.22. The number of hydrogen-bond acceptors (Lipinski definition) is 4. The van der Waals surface area contributed by atoms with Gasteiger partial charge in [0.05, 0.1) is 18.3 Å². The Morgan fingerprint density at radius 2 is 1.24 bits per heavy atom. The van der Waals surface area contributed by atoms with Crippen LogP contribution < -0.4 is 9.47 Å². The summed E-state index contributed by atoms with van der Waals surface area (Å²) in [5, 5.41) is 9.64. The van der Waals surface area contributed by atoms with Crippen molar-refractivity contribution in [1.29, 1.82) is 0 Å². The molecular formula is C25H36O4. The second-order valence-corrected chi connectivity index (χ2v) is 8.35. The van der Waals surface area contributed by atoms with E-state index < -0.39 is 6.10 Å². The monoisotopic (exact) mass is 400 g/mol. The van der Waals surface area contributed by atoms with E-state index in [9.17, 15) is 5.11 Å². The number of aliphatic hydroxyl groups is 1. The van der Waals surface area contributed by atoms with Crippen LogP contribution in [-0.4, -0.2) is 36.6 Å². The summed E-state index contributed by atoms with van der Waals surface area (Å²) in [5.74, 6) is 1.63. The lowest BCUT2D eigenvalue weighted by atomic mass is 9.78. The highest BCUT2D eigenvalue weighted by atomic mass is 16.5. The maximum atomic E-state index is 9.64. The first kappa shape index (κ1) is 23.2. The van der Waals surface area contributed by atoms with Crippen molar-refractivity contribution in [3.8, 4) is 11.5 Å². The Morgan fingerprint density at radius 1 is 0.793 bits per heavy atom. The van der Waals surface area contributed by atoms with Crippen molar-refractivity contribution in [2.75, 3.05) is 13.2 Å². The third-order valence-corrected chi connectivity index (χ3v) is 5.05. The molecule has 29 heavy (non-hydrogen) atoms. The first-order valence-electron chi connectivity index (χ1n) is 10.5. The average Bonchev–Trinajstić information content (AvgIpc) is 2.70. The molecule has 2 atom stereocenters. The molecular weight excluding hydrogens is 364 g/mol. The summed E-state index contributed by atoms with van der Waals surface area (Å²) >= 11 is 0. The summed E-state index contributed by atoms with van der Waals surface area (Å²) < 4.78 is 17.2. The maximum Gasteiger partial charge on any atom is 0.119 e. The molecule has 160 valence electrons. The second-order valence-electron chi connectivity index (χ2n) is 8.35. The van der Waals surface area contributed by atoms with Gasteiger partial charge in [-0.05, 0) is 62.6 Å². The van der Waals surface area contributed by atoms with Crippen molar-refractivity contribution in [3.05, 3.63) is 59.7 Å². The molecule has 0 saturated carbocycles. The minimum Gasteiger partial charge on any atom is -0.491 e. The Balaban J connectivity index is 1.99. The zero-order valence-corrected chi connectivity index (χ0v) is 18.6. The van der Waals surface area contributed by atoms with Gasteiger partial charge >= 0.3 is 0 Å². The van der Waals surface area contributed by atoms with E-state index in [0.717, 1.165) is 11.5 Å². The highest BCUT2D eigenvalue weighted by molar-refractivity contribution is 5.41. The van der Waals surface area contributed by atoms with Crippen LogP contribution in [-0.2, 0) is 10.2 Å². The Morgan fingerprint density at radius 3 is 1.66 bits per heavy atom. The van der Waals surface area contributed by atoms with Crippen molar-refractivity contribution in [1.82, 2.24) is 0 Å². The molecule has 0 fully saturated rings. The van der Waals surface area contributed by atoms with E-state index >= 15 is 0 Å². The number of ether oxygens (including phenoxy) is 3. The molecule has 2 aromatic carbocycles. The van der Waals surface area contributed by atoms with Gasteiger partial charge in [0.25, 0.3) is 0 Å². The first-order chi connectivity index (χ1) is 13.7. The summed E-state index contributed by atoms with van der Waals surface area (Å²) in [6.45, 7) is 13.3. The van der Waals surface area contributed by atoms with E-state index in [1.807, 2.05) is 52.0 Å². The van der Waals surface area contributed by atoms with E-state index in [0.29, 0.717) is 19.6 Å². The lowest BCUT2D eigenvalue weighted by molar-refractivity contribution is -0.00627. The smallest absolute Gasteiger partial charge is 0.119 e. The van der Waals surface area contributed by atoms with Crippen molar-refractivity contribution in [2.45, 2.75) is 71.7 Å². The highest BCUT2D eigenvalue weighted by Crippen LogP contribution is 2.33. The van der Waals surface area contributed by atoms with Crippen LogP contribution in [0.5, 0.6) is 11.5 Å². The quantitative estimate of drug-likeness (QED) is 0.552. The van der Waals surface area contributed by atoms with Gasteiger partial charge in [-0.25, -0.2) is 0 Å². The normalized spacial score (nSPS) is 13.9. The molecule has 2 rings (SSSR count). The Kier molecular flexibility index (Phi) is 8.54. The Labute approximate surface area is 175 Å².